The molecule has 0 unspecified atom stereocenters. The molecule has 2 atom stereocenters. The predicted octanol–water partition coefficient (Wildman–Crippen LogP) is 0.144. The van der Waals surface area contributed by atoms with Gasteiger partial charge in [0.2, 0.25) is 11.8 Å². The SMILES string of the molecule is NC(=O)[C@@H](Cc1ccccc1[N+](=O)[O-])NC(=O)[C@@H]1CCOC1. The van der Waals surface area contributed by atoms with Gasteiger partial charge in [-0.15, -0.1) is 0 Å². The van der Waals surface area contributed by atoms with Gasteiger partial charge in [0.25, 0.3) is 5.69 Å². The maximum atomic E-state index is 12.0. The van der Waals surface area contributed by atoms with E-state index in [9.17, 15) is 19.7 Å². The zero-order valence-electron chi connectivity index (χ0n) is 11.9. The van der Waals surface area contributed by atoms with Crippen LogP contribution in [-0.4, -0.2) is 36.0 Å². The molecule has 1 fully saturated rings. The maximum absolute atomic E-state index is 12.0. The summed E-state index contributed by atoms with van der Waals surface area (Å²) in [4.78, 5) is 34.0. The molecule has 1 aromatic rings. The van der Waals surface area contributed by atoms with Crippen LogP contribution in [0, 0.1) is 16.0 Å². The fraction of sp³-hybridized carbons (Fsp3) is 0.429. The number of nitro groups is 1. The molecule has 0 aliphatic carbocycles. The first kappa shape index (κ1) is 15.9. The van der Waals surface area contributed by atoms with Gasteiger partial charge in [-0.1, -0.05) is 18.2 Å². The van der Waals surface area contributed by atoms with Crippen molar-refractivity contribution in [2.24, 2.45) is 11.7 Å². The molecule has 1 saturated heterocycles. The molecular formula is C14H17N3O5. The van der Waals surface area contributed by atoms with Crippen LogP contribution in [0.25, 0.3) is 0 Å². The van der Waals surface area contributed by atoms with Gasteiger partial charge in [-0.25, -0.2) is 0 Å². The zero-order valence-corrected chi connectivity index (χ0v) is 11.9. The molecule has 22 heavy (non-hydrogen) atoms. The Morgan fingerprint density at radius 3 is 2.77 bits per heavy atom. The summed E-state index contributed by atoms with van der Waals surface area (Å²) in [6, 6.07) is 5.07. The Morgan fingerprint density at radius 1 is 1.45 bits per heavy atom. The molecule has 1 aliphatic heterocycles. The molecular weight excluding hydrogens is 290 g/mol. The summed E-state index contributed by atoms with van der Waals surface area (Å²) in [6.45, 7) is 0.812. The Kier molecular flexibility index (Phi) is 5.05. The van der Waals surface area contributed by atoms with Crippen LogP contribution in [0.1, 0.15) is 12.0 Å². The largest absolute Gasteiger partial charge is 0.381 e. The number of primary amides is 1. The Balaban J connectivity index is 2.10. The Morgan fingerprint density at radius 2 is 2.18 bits per heavy atom. The van der Waals surface area contributed by atoms with Crippen molar-refractivity contribution in [3.05, 3.63) is 39.9 Å². The third-order valence-electron chi connectivity index (χ3n) is 3.57. The van der Waals surface area contributed by atoms with Crippen molar-refractivity contribution in [3.63, 3.8) is 0 Å². The zero-order chi connectivity index (χ0) is 16.1. The fourth-order valence-electron chi connectivity index (χ4n) is 2.34. The van der Waals surface area contributed by atoms with Gasteiger partial charge in [0.1, 0.15) is 6.04 Å². The van der Waals surface area contributed by atoms with Gasteiger partial charge in [0.05, 0.1) is 17.4 Å². The highest BCUT2D eigenvalue weighted by Crippen LogP contribution is 2.20. The van der Waals surface area contributed by atoms with E-state index in [1.54, 1.807) is 12.1 Å². The van der Waals surface area contributed by atoms with Crippen molar-refractivity contribution < 1.29 is 19.2 Å². The molecule has 8 heteroatoms. The Bertz CT molecular complexity index is 584. The fourth-order valence-corrected chi connectivity index (χ4v) is 2.34. The molecule has 118 valence electrons. The normalized spacial score (nSPS) is 18.6. The van der Waals surface area contributed by atoms with E-state index < -0.39 is 16.9 Å². The lowest BCUT2D eigenvalue weighted by molar-refractivity contribution is -0.385. The Labute approximate surface area is 126 Å². The molecule has 1 aliphatic rings. The first-order valence-corrected chi connectivity index (χ1v) is 6.88. The molecule has 0 radical (unpaired) electrons. The van der Waals surface area contributed by atoms with Crippen LogP contribution in [0.3, 0.4) is 0 Å². The number of para-hydroxylation sites is 1. The highest BCUT2D eigenvalue weighted by Gasteiger charge is 2.28. The molecule has 2 rings (SSSR count). The predicted molar refractivity (Wildman–Crippen MR) is 76.9 cm³/mol. The summed E-state index contributed by atoms with van der Waals surface area (Å²) in [5, 5.41) is 13.5. The van der Waals surface area contributed by atoms with Gasteiger partial charge in [0.15, 0.2) is 0 Å². The third kappa shape index (κ3) is 3.79. The molecule has 1 heterocycles. The lowest BCUT2D eigenvalue weighted by Gasteiger charge is -2.17. The van der Waals surface area contributed by atoms with Crippen molar-refractivity contribution in [3.8, 4) is 0 Å². The van der Waals surface area contributed by atoms with Gasteiger partial charge in [-0.3, -0.25) is 19.7 Å². The molecule has 0 spiro atoms. The van der Waals surface area contributed by atoms with E-state index in [2.05, 4.69) is 5.32 Å². The number of hydrogen-bond acceptors (Lipinski definition) is 5. The average Bonchev–Trinajstić information content (AvgIpc) is 3.01. The average molecular weight is 307 g/mol. The summed E-state index contributed by atoms with van der Waals surface area (Å²) < 4.78 is 5.12. The molecule has 2 amide bonds. The summed E-state index contributed by atoms with van der Waals surface area (Å²) in [7, 11) is 0. The van der Waals surface area contributed by atoms with Crippen molar-refractivity contribution in [1.29, 1.82) is 0 Å². The first-order chi connectivity index (χ1) is 10.5. The first-order valence-electron chi connectivity index (χ1n) is 6.88. The van der Waals surface area contributed by atoms with Crippen LogP contribution in [0.2, 0.25) is 0 Å². The van der Waals surface area contributed by atoms with E-state index in [1.165, 1.54) is 12.1 Å². The summed E-state index contributed by atoms with van der Waals surface area (Å²) >= 11 is 0. The summed E-state index contributed by atoms with van der Waals surface area (Å²) in [6.07, 6.45) is 0.564. The van der Waals surface area contributed by atoms with E-state index in [0.717, 1.165) is 0 Å². The molecule has 0 saturated carbocycles. The second kappa shape index (κ2) is 6.99. The topological polar surface area (TPSA) is 125 Å². The van der Waals surface area contributed by atoms with Crippen molar-refractivity contribution in [1.82, 2.24) is 5.32 Å². The lowest BCUT2D eigenvalue weighted by Crippen LogP contribution is -2.48. The van der Waals surface area contributed by atoms with Crippen LogP contribution in [-0.2, 0) is 20.7 Å². The number of nitro benzene ring substituents is 1. The van der Waals surface area contributed by atoms with Gasteiger partial charge < -0.3 is 15.8 Å². The van der Waals surface area contributed by atoms with Crippen LogP contribution >= 0.6 is 0 Å². The van der Waals surface area contributed by atoms with E-state index >= 15 is 0 Å². The van der Waals surface area contributed by atoms with Gasteiger partial charge in [0, 0.05) is 24.7 Å². The van der Waals surface area contributed by atoms with Crippen LogP contribution in [0.15, 0.2) is 24.3 Å². The molecule has 8 nitrogen and oxygen atoms in total. The van der Waals surface area contributed by atoms with Crippen LogP contribution in [0.4, 0.5) is 5.69 Å². The number of benzene rings is 1. The molecule has 1 aromatic carbocycles. The van der Waals surface area contributed by atoms with Crippen LogP contribution in [0.5, 0.6) is 0 Å². The number of ether oxygens (including phenoxy) is 1. The number of rotatable bonds is 6. The second-order valence-electron chi connectivity index (χ2n) is 5.11. The van der Waals surface area contributed by atoms with Gasteiger partial charge >= 0.3 is 0 Å². The second-order valence-corrected chi connectivity index (χ2v) is 5.11. The minimum Gasteiger partial charge on any atom is -0.381 e. The van der Waals surface area contributed by atoms with Crippen molar-refractivity contribution in [2.45, 2.75) is 18.9 Å². The standard InChI is InChI=1S/C14H17N3O5/c15-13(18)11(16-14(19)10-5-6-22-8-10)7-9-3-1-2-4-12(9)17(20)21/h1-4,10-11H,5-8H2,(H2,15,18)(H,16,19)/t10-,11-/m1/s1. The highest BCUT2D eigenvalue weighted by atomic mass is 16.6. The monoisotopic (exact) mass is 307 g/mol. The molecule has 3 N–H and O–H groups in total. The van der Waals surface area contributed by atoms with E-state index in [-0.39, 0.29) is 23.9 Å². The smallest absolute Gasteiger partial charge is 0.272 e. The number of amides is 2. The maximum Gasteiger partial charge on any atom is 0.272 e. The number of nitrogens with zero attached hydrogens (tertiary/aromatic N) is 1. The minimum atomic E-state index is -0.991. The number of hydrogen-bond donors (Lipinski definition) is 2. The number of nitrogens with one attached hydrogen (secondary N) is 1. The number of carbonyl (C=O) groups is 2. The molecule has 0 aromatic heterocycles. The third-order valence-corrected chi connectivity index (χ3v) is 3.57. The highest BCUT2D eigenvalue weighted by molar-refractivity contribution is 5.88. The molecule has 0 bridgehead atoms. The number of nitrogens with two attached hydrogens (primary N) is 1. The minimum absolute atomic E-state index is 0.0220. The van der Waals surface area contributed by atoms with Crippen molar-refractivity contribution in [2.75, 3.05) is 13.2 Å². The number of carbonyl (C=O) groups excluding carboxylic acids is 2. The summed E-state index contributed by atoms with van der Waals surface area (Å²) in [5.41, 5.74) is 5.55. The lowest BCUT2D eigenvalue weighted by atomic mass is 10.0. The van der Waals surface area contributed by atoms with E-state index in [4.69, 9.17) is 10.5 Å². The van der Waals surface area contributed by atoms with Gasteiger partial charge in [-0.05, 0) is 6.42 Å². The van der Waals surface area contributed by atoms with Crippen LogP contribution < -0.4 is 11.1 Å². The quantitative estimate of drug-likeness (QED) is 0.571. The summed E-state index contributed by atoms with van der Waals surface area (Å²) in [5.74, 6) is -1.36. The Hall–Kier alpha value is -2.48. The van der Waals surface area contributed by atoms with Crippen molar-refractivity contribution >= 4 is 17.5 Å². The van der Waals surface area contributed by atoms with E-state index in [1.807, 2.05) is 0 Å². The van der Waals surface area contributed by atoms with E-state index in [0.29, 0.717) is 25.2 Å². The van der Waals surface area contributed by atoms with Gasteiger partial charge in [-0.2, -0.15) is 0 Å².